The Morgan fingerprint density at radius 3 is 2.95 bits per heavy atom. The molecular weight excluding hydrogens is 288 g/mol. The lowest BCUT2D eigenvalue weighted by Gasteiger charge is -2.08. The Kier molecular flexibility index (Phi) is 3.98. The molecule has 2 aromatic rings. The van der Waals surface area contributed by atoms with E-state index in [1.165, 1.54) is 41.5 Å². The van der Waals surface area contributed by atoms with Gasteiger partial charge in [-0.3, -0.25) is 9.36 Å². The summed E-state index contributed by atoms with van der Waals surface area (Å²) in [5.41, 5.74) is 1.38. The normalized spacial score (nSPS) is 15.1. The zero-order valence-electron chi connectivity index (χ0n) is 11.6. The Morgan fingerprint density at radius 1 is 1.40 bits per heavy atom. The van der Waals surface area contributed by atoms with Crippen LogP contribution in [-0.4, -0.2) is 15.8 Å². The molecule has 1 aliphatic carbocycles. The van der Waals surface area contributed by atoms with Crippen molar-refractivity contribution >= 4 is 33.3 Å². The maximum absolute atomic E-state index is 12.8. The zero-order valence-corrected chi connectivity index (χ0v) is 13.3. The molecule has 0 spiro atoms. The Balaban J connectivity index is 2.30. The molecule has 0 saturated carbocycles. The first kappa shape index (κ1) is 13.9. The van der Waals surface area contributed by atoms with Crippen LogP contribution in [0.3, 0.4) is 0 Å². The van der Waals surface area contributed by atoms with E-state index in [2.05, 4.69) is 6.58 Å². The first-order chi connectivity index (χ1) is 9.76. The highest BCUT2D eigenvalue weighted by Crippen LogP contribution is 2.33. The van der Waals surface area contributed by atoms with E-state index < -0.39 is 0 Å². The van der Waals surface area contributed by atoms with Crippen LogP contribution in [0.5, 0.6) is 0 Å². The maximum Gasteiger partial charge on any atom is 0.263 e. The Morgan fingerprint density at radius 2 is 2.20 bits per heavy atom. The molecule has 2 heterocycles. The number of allylic oxidation sites excluding steroid dienone is 1. The largest absolute Gasteiger partial charge is 0.283 e. The van der Waals surface area contributed by atoms with Gasteiger partial charge in [-0.2, -0.15) is 0 Å². The molecule has 0 atom stereocenters. The van der Waals surface area contributed by atoms with Gasteiger partial charge in [-0.1, -0.05) is 24.3 Å². The lowest BCUT2D eigenvalue weighted by atomic mass is 10.1. The van der Waals surface area contributed by atoms with E-state index in [0.717, 1.165) is 28.2 Å². The molecule has 0 bridgehead atoms. The van der Waals surface area contributed by atoms with Gasteiger partial charge in [0.05, 0.1) is 5.39 Å². The second-order valence-electron chi connectivity index (χ2n) is 5.05. The van der Waals surface area contributed by atoms with E-state index in [9.17, 15) is 4.79 Å². The number of nitrogens with zero attached hydrogens (tertiary/aromatic N) is 2. The van der Waals surface area contributed by atoms with Crippen LogP contribution in [0.4, 0.5) is 0 Å². The van der Waals surface area contributed by atoms with Crippen molar-refractivity contribution in [3.05, 3.63) is 33.4 Å². The molecule has 0 amide bonds. The van der Waals surface area contributed by atoms with E-state index in [4.69, 9.17) is 4.98 Å². The molecule has 20 heavy (non-hydrogen) atoms. The fourth-order valence-electron chi connectivity index (χ4n) is 2.84. The van der Waals surface area contributed by atoms with E-state index in [1.54, 1.807) is 22.0 Å². The van der Waals surface area contributed by atoms with Crippen LogP contribution in [0.2, 0.25) is 0 Å². The lowest BCUT2D eigenvalue weighted by Crippen LogP contribution is -2.22. The second-order valence-corrected chi connectivity index (χ2v) is 6.90. The average Bonchev–Trinajstić information content (AvgIpc) is 2.64. The molecule has 0 fully saturated rings. The van der Waals surface area contributed by atoms with Crippen molar-refractivity contribution in [2.75, 3.05) is 6.26 Å². The quantitative estimate of drug-likeness (QED) is 0.376. The number of hydrogen-bond acceptors (Lipinski definition) is 4. The van der Waals surface area contributed by atoms with Crippen LogP contribution in [0, 0.1) is 0 Å². The maximum atomic E-state index is 12.8. The number of rotatable bonds is 3. The molecular formula is C15H18N2OS2. The second kappa shape index (κ2) is 5.74. The fourth-order valence-corrected chi connectivity index (χ4v) is 4.71. The SMILES string of the molecule is C=CCn1c(SC)nc2sc3c(c2c1=O)CCCCC3. The summed E-state index contributed by atoms with van der Waals surface area (Å²) in [6.07, 6.45) is 9.54. The van der Waals surface area contributed by atoms with Gasteiger partial charge >= 0.3 is 0 Å². The minimum absolute atomic E-state index is 0.110. The third-order valence-corrected chi connectivity index (χ3v) is 5.65. The van der Waals surface area contributed by atoms with Gasteiger partial charge in [0.15, 0.2) is 5.16 Å². The summed E-state index contributed by atoms with van der Waals surface area (Å²) in [5.74, 6) is 0. The first-order valence-electron chi connectivity index (χ1n) is 6.96. The summed E-state index contributed by atoms with van der Waals surface area (Å²) in [6, 6.07) is 0. The van der Waals surface area contributed by atoms with Crippen LogP contribution in [0.25, 0.3) is 10.2 Å². The molecule has 5 heteroatoms. The summed E-state index contributed by atoms with van der Waals surface area (Å²) in [7, 11) is 0. The lowest BCUT2D eigenvalue weighted by molar-refractivity contribution is 0.672. The van der Waals surface area contributed by atoms with Gasteiger partial charge in [-0.25, -0.2) is 4.98 Å². The molecule has 106 valence electrons. The summed E-state index contributed by atoms with van der Waals surface area (Å²) in [4.78, 5) is 19.8. The third kappa shape index (κ3) is 2.23. The number of aryl methyl sites for hydroxylation is 2. The predicted octanol–water partition coefficient (Wildman–Crippen LogP) is 3.63. The monoisotopic (exact) mass is 306 g/mol. The molecule has 0 saturated heterocycles. The highest BCUT2D eigenvalue weighted by molar-refractivity contribution is 7.98. The summed E-state index contributed by atoms with van der Waals surface area (Å²) in [5, 5.41) is 1.66. The van der Waals surface area contributed by atoms with Gasteiger partial charge in [-0.05, 0) is 37.5 Å². The van der Waals surface area contributed by atoms with Crippen LogP contribution in [0.15, 0.2) is 22.6 Å². The van der Waals surface area contributed by atoms with E-state index in [1.807, 2.05) is 6.26 Å². The molecule has 0 radical (unpaired) electrons. The first-order valence-corrected chi connectivity index (χ1v) is 9.00. The number of thiophene rings is 1. The Hall–Kier alpha value is -1.07. The minimum Gasteiger partial charge on any atom is -0.283 e. The highest BCUT2D eigenvalue weighted by atomic mass is 32.2. The van der Waals surface area contributed by atoms with Gasteiger partial charge in [0.2, 0.25) is 0 Å². The van der Waals surface area contributed by atoms with Gasteiger partial charge in [0.25, 0.3) is 5.56 Å². The van der Waals surface area contributed by atoms with Crippen molar-refractivity contribution in [2.24, 2.45) is 0 Å². The highest BCUT2D eigenvalue weighted by Gasteiger charge is 2.20. The molecule has 3 rings (SSSR count). The van der Waals surface area contributed by atoms with E-state index >= 15 is 0 Å². The fraction of sp³-hybridized carbons (Fsp3) is 0.467. The predicted molar refractivity (Wildman–Crippen MR) is 87.1 cm³/mol. The van der Waals surface area contributed by atoms with Gasteiger partial charge in [0, 0.05) is 11.4 Å². The smallest absolute Gasteiger partial charge is 0.263 e. The Labute approximate surface area is 126 Å². The zero-order chi connectivity index (χ0) is 14.1. The van der Waals surface area contributed by atoms with Gasteiger partial charge in [-0.15, -0.1) is 17.9 Å². The molecule has 0 aromatic carbocycles. The molecule has 3 nitrogen and oxygen atoms in total. The van der Waals surface area contributed by atoms with Crippen molar-refractivity contribution in [1.82, 2.24) is 9.55 Å². The standard InChI is InChI=1S/C15H18N2OS2/c1-3-9-17-14(18)12-10-7-5-4-6-8-11(10)20-13(12)16-15(17)19-2/h3H,1,4-9H2,2H3. The van der Waals surface area contributed by atoms with Crippen molar-refractivity contribution in [1.29, 1.82) is 0 Å². The Bertz CT molecular complexity index is 715. The minimum atomic E-state index is 0.110. The summed E-state index contributed by atoms with van der Waals surface area (Å²) >= 11 is 3.25. The van der Waals surface area contributed by atoms with Gasteiger partial charge < -0.3 is 0 Å². The van der Waals surface area contributed by atoms with Crippen molar-refractivity contribution in [2.45, 2.75) is 43.8 Å². The van der Waals surface area contributed by atoms with Crippen LogP contribution in [0.1, 0.15) is 29.7 Å². The summed E-state index contributed by atoms with van der Waals surface area (Å²) in [6.45, 7) is 4.28. The van der Waals surface area contributed by atoms with Crippen molar-refractivity contribution in [3.63, 3.8) is 0 Å². The number of thioether (sulfide) groups is 1. The van der Waals surface area contributed by atoms with E-state index in [-0.39, 0.29) is 5.56 Å². The molecule has 2 aromatic heterocycles. The number of fused-ring (bicyclic) bond motifs is 3. The molecule has 0 aliphatic heterocycles. The molecule has 1 aliphatic rings. The van der Waals surface area contributed by atoms with Crippen molar-refractivity contribution in [3.8, 4) is 0 Å². The molecule has 0 N–H and O–H groups in total. The third-order valence-electron chi connectivity index (χ3n) is 3.78. The number of aromatic nitrogens is 2. The average molecular weight is 306 g/mol. The van der Waals surface area contributed by atoms with Gasteiger partial charge in [0.1, 0.15) is 4.83 Å². The topological polar surface area (TPSA) is 34.9 Å². The van der Waals surface area contributed by atoms with E-state index in [0.29, 0.717) is 6.54 Å². The van der Waals surface area contributed by atoms with Crippen LogP contribution < -0.4 is 5.56 Å². The summed E-state index contributed by atoms with van der Waals surface area (Å²) < 4.78 is 1.75. The van der Waals surface area contributed by atoms with Crippen LogP contribution >= 0.6 is 23.1 Å². The van der Waals surface area contributed by atoms with Crippen LogP contribution in [-0.2, 0) is 19.4 Å². The molecule has 0 unspecified atom stereocenters. The van der Waals surface area contributed by atoms with Crippen molar-refractivity contribution < 1.29 is 0 Å². The number of hydrogen-bond donors (Lipinski definition) is 0.